The van der Waals surface area contributed by atoms with Gasteiger partial charge < -0.3 is 20.1 Å². The lowest BCUT2D eigenvalue weighted by Gasteiger charge is -2.36. The lowest BCUT2D eigenvalue weighted by molar-refractivity contribution is -0.151. The molecule has 2 N–H and O–H groups in total. The van der Waals surface area contributed by atoms with Crippen molar-refractivity contribution in [3.8, 4) is 11.1 Å². The molecule has 0 saturated carbocycles. The molecule has 3 atom stereocenters. The molecule has 1 aliphatic carbocycles. The van der Waals surface area contributed by atoms with Crippen molar-refractivity contribution in [3.63, 3.8) is 0 Å². The number of carbonyl (C=O) groups excluding carboxylic acids is 2. The van der Waals surface area contributed by atoms with Crippen molar-refractivity contribution in [1.29, 1.82) is 0 Å². The van der Waals surface area contributed by atoms with E-state index < -0.39 is 35.5 Å². The maximum Gasteiger partial charge on any atom is 0.407 e. The Morgan fingerprint density at radius 3 is 2.17 bits per heavy atom. The number of benzene rings is 2. The molecule has 1 heterocycles. The zero-order valence-electron chi connectivity index (χ0n) is 20.5. The third kappa shape index (κ3) is 4.89. The van der Waals surface area contributed by atoms with Gasteiger partial charge in [0.15, 0.2) is 0 Å². The van der Waals surface area contributed by atoms with Crippen LogP contribution in [0.3, 0.4) is 0 Å². The second-order valence-corrected chi connectivity index (χ2v) is 11.3. The first kappa shape index (κ1) is 25.1. The van der Waals surface area contributed by atoms with Crippen LogP contribution in [0.1, 0.15) is 51.2 Å². The summed E-state index contributed by atoms with van der Waals surface area (Å²) in [5.74, 6) is -1.18. The molecule has 4 rings (SSSR count). The molecule has 2 unspecified atom stereocenters. The third-order valence-electron chi connectivity index (χ3n) is 6.70. The molecule has 1 aliphatic heterocycles. The van der Waals surface area contributed by atoms with Gasteiger partial charge in [-0.25, -0.2) is 9.59 Å². The van der Waals surface area contributed by atoms with Crippen LogP contribution in [-0.2, 0) is 14.3 Å². The number of nitrogens with zero attached hydrogens (tertiary/aromatic N) is 1. The first-order valence-electron chi connectivity index (χ1n) is 11.9. The Morgan fingerprint density at radius 2 is 1.66 bits per heavy atom. The van der Waals surface area contributed by atoms with Crippen molar-refractivity contribution in [2.75, 3.05) is 12.4 Å². The summed E-state index contributed by atoms with van der Waals surface area (Å²) in [5, 5.41) is 12.2. The molecule has 35 heavy (non-hydrogen) atoms. The number of alkyl carbamates (subject to hydrolysis) is 1. The molecule has 1 saturated heterocycles. The number of hydrogen-bond acceptors (Lipinski definition) is 5. The predicted octanol–water partition coefficient (Wildman–Crippen LogP) is 4.70. The van der Waals surface area contributed by atoms with Crippen LogP contribution in [0.15, 0.2) is 48.5 Å². The van der Waals surface area contributed by atoms with Crippen molar-refractivity contribution in [3.05, 3.63) is 59.7 Å². The minimum absolute atomic E-state index is 0.0900. The molecule has 0 spiro atoms. The minimum atomic E-state index is -1.03. The molecule has 7 nitrogen and oxygen atoms in total. The summed E-state index contributed by atoms with van der Waals surface area (Å²) in [6.45, 7) is 7.60. The number of rotatable bonds is 6. The van der Waals surface area contributed by atoms with E-state index in [0.717, 1.165) is 22.3 Å². The van der Waals surface area contributed by atoms with Gasteiger partial charge in [0.05, 0.1) is 5.37 Å². The summed E-state index contributed by atoms with van der Waals surface area (Å²) in [6, 6.07) is 14.3. The van der Waals surface area contributed by atoms with Gasteiger partial charge in [-0.3, -0.25) is 4.79 Å². The third-order valence-corrected chi connectivity index (χ3v) is 8.15. The standard InChI is InChI=1S/C27H32N2O5S/c1-5-22-29(21(15-35-22)25(31)32)24(30)23(27(2,3)4)28-26(33)34-14-20-18-12-8-6-10-16(18)17-11-7-9-13-19(17)20/h6-13,20-23H,5,14-15H2,1-4H3,(H,28,33)(H,31,32)/t21?,22?,23-/m0/s1. The topological polar surface area (TPSA) is 95.9 Å². The van der Waals surface area contributed by atoms with Crippen LogP contribution >= 0.6 is 11.8 Å². The summed E-state index contributed by atoms with van der Waals surface area (Å²) in [7, 11) is 0. The fraction of sp³-hybridized carbons (Fsp3) is 0.444. The molecule has 0 radical (unpaired) electrons. The molecule has 186 valence electrons. The van der Waals surface area contributed by atoms with Gasteiger partial charge in [0.1, 0.15) is 18.7 Å². The number of carboxylic acids is 1. The van der Waals surface area contributed by atoms with Crippen LogP contribution in [0.25, 0.3) is 11.1 Å². The molecular formula is C27H32N2O5S. The Labute approximate surface area is 210 Å². The number of carbonyl (C=O) groups is 3. The van der Waals surface area contributed by atoms with Gasteiger partial charge in [0.25, 0.3) is 0 Å². The van der Waals surface area contributed by atoms with Crippen molar-refractivity contribution >= 4 is 29.7 Å². The summed E-state index contributed by atoms with van der Waals surface area (Å²) >= 11 is 1.46. The molecule has 0 bridgehead atoms. The van der Waals surface area contributed by atoms with E-state index in [1.807, 2.05) is 64.1 Å². The normalized spacial score (nSPS) is 20.2. The maximum atomic E-state index is 13.6. The summed E-state index contributed by atoms with van der Waals surface area (Å²) in [4.78, 5) is 39.7. The maximum absolute atomic E-state index is 13.6. The highest BCUT2D eigenvalue weighted by molar-refractivity contribution is 8.00. The Hall–Kier alpha value is -3.00. The van der Waals surface area contributed by atoms with E-state index in [1.165, 1.54) is 16.7 Å². The number of ether oxygens (including phenoxy) is 1. The van der Waals surface area contributed by atoms with Crippen molar-refractivity contribution < 1.29 is 24.2 Å². The highest BCUT2D eigenvalue weighted by Crippen LogP contribution is 2.44. The van der Waals surface area contributed by atoms with Gasteiger partial charge in [-0.1, -0.05) is 76.2 Å². The van der Waals surface area contributed by atoms with Crippen molar-refractivity contribution in [2.24, 2.45) is 5.41 Å². The van der Waals surface area contributed by atoms with Gasteiger partial charge in [-0.2, -0.15) is 0 Å². The Balaban J connectivity index is 1.50. The zero-order valence-corrected chi connectivity index (χ0v) is 21.3. The van der Waals surface area contributed by atoms with E-state index in [4.69, 9.17) is 4.74 Å². The minimum Gasteiger partial charge on any atom is -0.480 e. The number of thioether (sulfide) groups is 1. The first-order chi connectivity index (χ1) is 16.6. The van der Waals surface area contributed by atoms with Gasteiger partial charge in [-0.05, 0) is 34.1 Å². The van der Waals surface area contributed by atoms with E-state index in [0.29, 0.717) is 12.2 Å². The number of carboxylic acid groups (broad SMARTS) is 1. The Morgan fingerprint density at radius 1 is 1.09 bits per heavy atom. The second kappa shape index (κ2) is 9.93. The van der Waals surface area contributed by atoms with Gasteiger partial charge in [-0.15, -0.1) is 11.8 Å². The molecule has 8 heteroatoms. The lowest BCUT2D eigenvalue weighted by atomic mass is 9.85. The van der Waals surface area contributed by atoms with E-state index in [2.05, 4.69) is 17.4 Å². The van der Waals surface area contributed by atoms with Crippen LogP contribution in [-0.4, -0.2) is 57.8 Å². The van der Waals surface area contributed by atoms with E-state index in [1.54, 1.807) is 0 Å². The molecule has 2 aromatic rings. The molecule has 2 amide bonds. The fourth-order valence-corrected chi connectivity index (χ4v) is 6.27. The van der Waals surface area contributed by atoms with Crippen LogP contribution in [0.4, 0.5) is 4.79 Å². The number of fused-ring (bicyclic) bond motifs is 3. The number of amides is 2. The van der Waals surface area contributed by atoms with Gasteiger partial charge in [0, 0.05) is 11.7 Å². The largest absolute Gasteiger partial charge is 0.480 e. The average Bonchev–Trinajstić information content (AvgIpc) is 3.40. The van der Waals surface area contributed by atoms with E-state index in [-0.39, 0.29) is 17.9 Å². The first-order valence-corrected chi connectivity index (χ1v) is 13.0. The summed E-state index contributed by atoms with van der Waals surface area (Å²) in [5.41, 5.74) is 3.84. The van der Waals surface area contributed by atoms with Gasteiger partial charge in [0.2, 0.25) is 5.91 Å². The second-order valence-electron chi connectivity index (χ2n) is 10.1. The lowest BCUT2D eigenvalue weighted by Crippen LogP contribution is -2.58. The molecule has 1 fully saturated rings. The highest BCUT2D eigenvalue weighted by Gasteiger charge is 2.46. The Kier molecular flexibility index (Phi) is 7.12. The summed E-state index contributed by atoms with van der Waals surface area (Å²) in [6.07, 6.45) is -0.0611. The van der Waals surface area contributed by atoms with Crippen LogP contribution < -0.4 is 5.32 Å². The van der Waals surface area contributed by atoms with Crippen LogP contribution in [0.2, 0.25) is 0 Å². The SMILES string of the molecule is CCC1SCC(C(=O)O)N1C(=O)[C@H](NC(=O)OCC1c2ccccc2-c2ccccc21)C(C)(C)C. The van der Waals surface area contributed by atoms with Crippen molar-refractivity contribution in [2.45, 2.75) is 57.5 Å². The number of nitrogens with one attached hydrogen (secondary N) is 1. The quantitative estimate of drug-likeness (QED) is 0.602. The predicted molar refractivity (Wildman–Crippen MR) is 136 cm³/mol. The zero-order chi connectivity index (χ0) is 25.3. The Bertz CT molecular complexity index is 1080. The van der Waals surface area contributed by atoms with Crippen LogP contribution in [0, 0.1) is 5.41 Å². The van der Waals surface area contributed by atoms with E-state index in [9.17, 15) is 19.5 Å². The number of hydrogen-bond donors (Lipinski definition) is 2. The van der Waals surface area contributed by atoms with Gasteiger partial charge >= 0.3 is 12.1 Å². The molecular weight excluding hydrogens is 464 g/mol. The van der Waals surface area contributed by atoms with Crippen molar-refractivity contribution in [1.82, 2.24) is 10.2 Å². The monoisotopic (exact) mass is 496 g/mol. The smallest absolute Gasteiger partial charge is 0.407 e. The molecule has 2 aliphatic rings. The van der Waals surface area contributed by atoms with E-state index >= 15 is 0 Å². The highest BCUT2D eigenvalue weighted by atomic mass is 32.2. The number of aliphatic carboxylic acids is 1. The molecule has 2 aromatic carbocycles. The van der Waals surface area contributed by atoms with Crippen LogP contribution in [0.5, 0.6) is 0 Å². The fourth-order valence-electron chi connectivity index (χ4n) is 4.92. The average molecular weight is 497 g/mol. The summed E-state index contributed by atoms with van der Waals surface area (Å²) < 4.78 is 5.66. The molecule has 0 aromatic heterocycles.